The van der Waals surface area contributed by atoms with Crippen molar-refractivity contribution in [1.29, 1.82) is 0 Å². The van der Waals surface area contributed by atoms with E-state index in [0.29, 0.717) is 16.8 Å². The molecule has 0 fully saturated rings. The highest BCUT2D eigenvalue weighted by atomic mass is 16.6. The Morgan fingerprint density at radius 1 is 1.21 bits per heavy atom. The largest absolute Gasteiger partial charge is 0.461 e. The molecule has 9 nitrogen and oxygen atoms in total. The zero-order valence-electron chi connectivity index (χ0n) is 16.8. The van der Waals surface area contributed by atoms with E-state index >= 15 is 0 Å². The lowest BCUT2D eigenvalue weighted by Gasteiger charge is -2.20. The Morgan fingerprint density at radius 2 is 1.90 bits per heavy atom. The highest BCUT2D eigenvalue weighted by molar-refractivity contribution is 6.05. The average molecular weight is 401 g/mol. The first-order valence-corrected chi connectivity index (χ1v) is 9.14. The van der Waals surface area contributed by atoms with Gasteiger partial charge in [-0.1, -0.05) is 6.07 Å². The third kappa shape index (κ3) is 4.68. The molecule has 2 aromatic rings. The number of ether oxygens (including phenoxy) is 1. The van der Waals surface area contributed by atoms with Gasteiger partial charge in [0.15, 0.2) is 5.78 Å². The van der Waals surface area contributed by atoms with Gasteiger partial charge >= 0.3 is 5.97 Å². The van der Waals surface area contributed by atoms with E-state index in [4.69, 9.17) is 4.74 Å². The third-order valence-corrected chi connectivity index (χ3v) is 4.50. The second kappa shape index (κ2) is 9.13. The summed E-state index contributed by atoms with van der Waals surface area (Å²) in [6.07, 6.45) is 0. The number of nitrogens with zero attached hydrogens (tertiary/aromatic N) is 2. The van der Waals surface area contributed by atoms with Gasteiger partial charge in [-0.25, -0.2) is 4.79 Å². The molecule has 0 saturated carbocycles. The van der Waals surface area contributed by atoms with Crippen LogP contribution in [0.15, 0.2) is 24.3 Å². The van der Waals surface area contributed by atoms with Gasteiger partial charge in [0, 0.05) is 35.5 Å². The molecular formula is C20H23N3O6. The summed E-state index contributed by atoms with van der Waals surface area (Å²) >= 11 is 0. The highest BCUT2D eigenvalue weighted by Crippen LogP contribution is 2.21. The number of benzene rings is 1. The molecule has 0 saturated heterocycles. The number of Topliss-reactive ketones (excluding diaryl/α,β-unsaturated/α-hetero) is 1. The monoisotopic (exact) mass is 401 g/mol. The maximum Gasteiger partial charge on any atom is 0.355 e. The number of ketones is 1. The molecule has 0 spiro atoms. The number of non-ortho nitro benzene ring substituents is 1. The van der Waals surface area contributed by atoms with Gasteiger partial charge in [0.2, 0.25) is 0 Å². The van der Waals surface area contributed by atoms with Gasteiger partial charge in [-0.05, 0) is 39.3 Å². The van der Waals surface area contributed by atoms with Gasteiger partial charge < -0.3 is 14.6 Å². The van der Waals surface area contributed by atoms with E-state index in [9.17, 15) is 24.5 Å². The van der Waals surface area contributed by atoms with Crippen molar-refractivity contribution in [2.75, 3.05) is 19.7 Å². The number of carbonyl (C=O) groups excluding carboxylic acids is 3. The van der Waals surface area contributed by atoms with Gasteiger partial charge in [0.25, 0.3) is 11.6 Å². The van der Waals surface area contributed by atoms with Gasteiger partial charge in [0.1, 0.15) is 5.69 Å². The maximum absolute atomic E-state index is 12.9. The first-order valence-electron chi connectivity index (χ1n) is 9.14. The molecular weight excluding hydrogens is 378 g/mol. The number of likely N-dealkylation sites (N-methyl/N-ethyl adjacent to an activating group) is 1. The van der Waals surface area contributed by atoms with Crippen LogP contribution >= 0.6 is 0 Å². The zero-order valence-corrected chi connectivity index (χ0v) is 16.8. The quantitative estimate of drug-likeness (QED) is 0.314. The van der Waals surface area contributed by atoms with Crippen molar-refractivity contribution in [2.24, 2.45) is 0 Å². The molecule has 29 heavy (non-hydrogen) atoms. The number of nitro groups is 1. The van der Waals surface area contributed by atoms with Crippen LogP contribution in [0.3, 0.4) is 0 Å². The lowest BCUT2D eigenvalue weighted by molar-refractivity contribution is -0.384. The predicted octanol–water partition coefficient (Wildman–Crippen LogP) is 3.06. The fourth-order valence-corrected chi connectivity index (χ4v) is 3.09. The molecule has 1 amide bonds. The first-order chi connectivity index (χ1) is 13.7. The number of nitro benzene ring substituents is 1. The smallest absolute Gasteiger partial charge is 0.355 e. The molecule has 0 bridgehead atoms. The summed E-state index contributed by atoms with van der Waals surface area (Å²) in [5.74, 6) is -1.37. The summed E-state index contributed by atoms with van der Waals surface area (Å²) in [4.78, 5) is 52.2. The Kier molecular flexibility index (Phi) is 6.87. The van der Waals surface area contributed by atoms with E-state index < -0.39 is 16.8 Å². The predicted molar refractivity (Wildman–Crippen MR) is 105 cm³/mol. The number of esters is 1. The van der Waals surface area contributed by atoms with Crippen molar-refractivity contribution in [3.05, 3.63) is 62.5 Å². The molecule has 2 rings (SSSR count). The second-order valence-electron chi connectivity index (χ2n) is 6.40. The van der Waals surface area contributed by atoms with Crippen LogP contribution in [0.4, 0.5) is 5.69 Å². The van der Waals surface area contributed by atoms with Gasteiger partial charge in [-0.15, -0.1) is 0 Å². The molecule has 154 valence electrons. The Labute approximate surface area is 167 Å². The number of amides is 1. The number of H-pyrrole nitrogens is 1. The molecule has 0 radical (unpaired) electrons. The van der Waals surface area contributed by atoms with Crippen molar-refractivity contribution >= 4 is 23.3 Å². The van der Waals surface area contributed by atoms with Crippen molar-refractivity contribution in [2.45, 2.75) is 27.7 Å². The molecule has 1 aromatic heterocycles. The zero-order chi connectivity index (χ0) is 21.7. The van der Waals surface area contributed by atoms with Gasteiger partial charge in [-0.2, -0.15) is 0 Å². The van der Waals surface area contributed by atoms with Gasteiger partial charge in [-0.3, -0.25) is 19.7 Å². The van der Waals surface area contributed by atoms with Crippen LogP contribution in [0.5, 0.6) is 0 Å². The fraction of sp³-hybridized carbons (Fsp3) is 0.350. The van der Waals surface area contributed by atoms with Crippen molar-refractivity contribution in [1.82, 2.24) is 9.88 Å². The van der Waals surface area contributed by atoms with Crippen LogP contribution in [-0.2, 0) is 4.74 Å². The van der Waals surface area contributed by atoms with E-state index in [0.717, 1.165) is 0 Å². The fourth-order valence-electron chi connectivity index (χ4n) is 3.09. The van der Waals surface area contributed by atoms with Gasteiger partial charge in [0.05, 0.1) is 18.1 Å². The van der Waals surface area contributed by atoms with Crippen molar-refractivity contribution in [3.63, 3.8) is 0 Å². The maximum atomic E-state index is 12.9. The van der Waals surface area contributed by atoms with Crippen LogP contribution in [0.25, 0.3) is 0 Å². The molecule has 1 heterocycles. The lowest BCUT2D eigenvalue weighted by Crippen LogP contribution is -2.35. The molecule has 0 aliphatic heterocycles. The number of hydrogen-bond donors (Lipinski definition) is 1. The van der Waals surface area contributed by atoms with E-state index in [1.54, 1.807) is 27.7 Å². The van der Waals surface area contributed by atoms with Crippen LogP contribution in [0, 0.1) is 24.0 Å². The molecule has 0 unspecified atom stereocenters. The van der Waals surface area contributed by atoms with Crippen LogP contribution in [0.1, 0.15) is 56.3 Å². The Hall–Kier alpha value is -3.49. The second-order valence-corrected chi connectivity index (χ2v) is 6.40. The Morgan fingerprint density at radius 3 is 2.48 bits per heavy atom. The summed E-state index contributed by atoms with van der Waals surface area (Å²) in [6.45, 7) is 6.93. The third-order valence-electron chi connectivity index (χ3n) is 4.50. The first kappa shape index (κ1) is 21.8. The average Bonchev–Trinajstić information content (AvgIpc) is 3.00. The summed E-state index contributed by atoms with van der Waals surface area (Å²) < 4.78 is 4.98. The van der Waals surface area contributed by atoms with Crippen LogP contribution in [0.2, 0.25) is 0 Å². The molecule has 0 aliphatic rings. The Bertz CT molecular complexity index is 963. The molecule has 1 aromatic carbocycles. The summed E-state index contributed by atoms with van der Waals surface area (Å²) in [7, 11) is 0. The summed E-state index contributed by atoms with van der Waals surface area (Å²) in [5.41, 5.74) is 1.44. The molecule has 0 aliphatic carbocycles. The lowest BCUT2D eigenvalue weighted by atomic mass is 10.0. The highest BCUT2D eigenvalue weighted by Gasteiger charge is 2.26. The minimum atomic E-state index is -0.582. The number of rotatable bonds is 8. The minimum Gasteiger partial charge on any atom is -0.461 e. The molecule has 9 heteroatoms. The van der Waals surface area contributed by atoms with E-state index in [2.05, 4.69) is 4.98 Å². The number of carbonyl (C=O) groups is 3. The van der Waals surface area contributed by atoms with Crippen LogP contribution in [-0.4, -0.2) is 52.2 Å². The van der Waals surface area contributed by atoms with Crippen molar-refractivity contribution in [3.8, 4) is 0 Å². The van der Waals surface area contributed by atoms with E-state index in [1.165, 1.54) is 29.2 Å². The number of aromatic nitrogens is 1. The van der Waals surface area contributed by atoms with E-state index in [-0.39, 0.29) is 42.4 Å². The summed E-state index contributed by atoms with van der Waals surface area (Å²) in [6, 6.07) is 5.37. The minimum absolute atomic E-state index is 0.128. The number of hydrogen-bond acceptors (Lipinski definition) is 6. The van der Waals surface area contributed by atoms with E-state index in [1.807, 2.05) is 0 Å². The Balaban J connectivity index is 2.26. The SMILES string of the molecule is CCOC(=O)c1[nH]c(C)c(C(=O)CN(CC)C(=O)c2cccc([N+](=O)[O-])c2)c1C. The van der Waals surface area contributed by atoms with Crippen molar-refractivity contribution < 1.29 is 24.0 Å². The van der Waals surface area contributed by atoms with Crippen LogP contribution < -0.4 is 0 Å². The normalized spacial score (nSPS) is 10.5. The number of aromatic amines is 1. The standard InChI is InChI=1S/C20H23N3O6/c1-5-22(19(25)14-8-7-9-15(10-14)23(27)28)11-16(24)17-12(3)18(21-13(17)4)20(26)29-6-2/h7-10,21H,5-6,11H2,1-4H3. The molecule has 1 N–H and O–H groups in total. The number of nitrogens with one attached hydrogen (secondary N) is 1. The summed E-state index contributed by atoms with van der Waals surface area (Å²) in [5, 5.41) is 10.9. The topological polar surface area (TPSA) is 123 Å². The molecule has 0 atom stereocenters. The number of aryl methyl sites for hydroxylation is 1.